The Morgan fingerprint density at radius 2 is 1.06 bits per heavy atom. The maximum Gasteiger partial charge on any atom is 1.00 e. The summed E-state index contributed by atoms with van der Waals surface area (Å²) in [6.45, 7) is -0.139. The number of hydrogen-bond donors (Lipinski definition) is 2. The molecule has 0 unspecified atom stereocenters. The molecule has 0 fully saturated rings. The molecule has 0 saturated heterocycles. The van der Waals surface area contributed by atoms with Crippen molar-refractivity contribution in [2.45, 2.75) is 0 Å². The summed E-state index contributed by atoms with van der Waals surface area (Å²) in [5.41, 5.74) is 0. The van der Waals surface area contributed by atoms with E-state index < -0.39 is 11.9 Å². The molecule has 0 rings (SSSR count). The van der Waals surface area contributed by atoms with Crippen molar-refractivity contribution < 1.29 is 89.9 Å². The molecule has 6 N–H and O–H groups in total. The first-order valence-electron chi connectivity index (χ1n) is 3.23. The zero-order chi connectivity index (χ0) is 9.98. The van der Waals surface area contributed by atoms with Crippen LogP contribution >= 0.6 is 0 Å². The molecule has 0 heterocycles. The third kappa shape index (κ3) is 61.1. The van der Waals surface area contributed by atoms with E-state index in [1.807, 2.05) is 0 Å². The number of carbonyl (C=O) groups is 2. The molecule has 0 spiro atoms. The predicted octanol–water partition coefficient (Wildman–Crippen LogP) is -11.7. The van der Waals surface area contributed by atoms with Crippen molar-refractivity contribution in [3.05, 3.63) is 0 Å². The van der Waals surface area contributed by atoms with Crippen LogP contribution in [0.15, 0.2) is 0 Å². The maximum atomic E-state index is 9.43. The molecule has 0 aliphatic carbocycles. The van der Waals surface area contributed by atoms with Gasteiger partial charge in [-0.05, 0) is 14.1 Å². The molecular formula is C6H16N2Na2O6. The molecule has 0 aromatic rings. The molecule has 0 radical (unpaired) electrons. The zero-order valence-electron chi connectivity index (χ0n) is 10.0. The first-order valence-corrected chi connectivity index (χ1v) is 3.23. The first kappa shape index (κ1) is 36.0. The summed E-state index contributed by atoms with van der Waals surface area (Å²) in [5, 5.41) is 23.7. The van der Waals surface area contributed by atoms with Crippen LogP contribution in [-0.2, 0) is 9.59 Å². The zero-order valence-corrected chi connectivity index (χ0v) is 14.0. The van der Waals surface area contributed by atoms with Crippen molar-refractivity contribution in [1.29, 1.82) is 0 Å². The number of carboxylic acid groups (broad SMARTS) is 2. The fraction of sp³-hybridized carbons (Fsp3) is 0.667. The Bertz CT molecular complexity index is 133. The summed E-state index contributed by atoms with van der Waals surface area (Å²) in [5.74, 6) is -2.14. The Labute approximate surface area is 138 Å². The largest absolute Gasteiger partial charge is 1.00 e. The van der Waals surface area contributed by atoms with E-state index in [9.17, 15) is 19.8 Å². The quantitative estimate of drug-likeness (QED) is 0.474. The van der Waals surface area contributed by atoms with Crippen LogP contribution in [0.5, 0.6) is 0 Å². The molecule has 0 aliphatic rings. The summed E-state index contributed by atoms with van der Waals surface area (Å²) in [6, 6.07) is 0. The Balaban J connectivity index is -0.0000000250. The average molecular weight is 258 g/mol. The molecule has 10 heteroatoms. The van der Waals surface area contributed by atoms with E-state index in [0.717, 1.165) is 0 Å². The summed E-state index contributed by atoms with van der Waals surface area (Å²) < 4.78 is 0. The van der Waals surface area contributed by atoms with Gasteiger partial charge in [-0.2, -0.15) is 0 Å². The van der Waals surface area contributed by atoms with Gasteiger partial charge < -0.3 is 41.4 Å². The van der Waals surface area contributed by atoms with Gasteiger partial charge in [-0.25, -0.2) is 0 Å². The van der Waals surface area contributed by atoms with Crippen LogP contribution in [0.1, 0.15) is 0 Å². The molecule has 0 bridgehead atoms. The molecule has 16 heavy (non-hydrogen) atoms. The van der Waals surface area contributed by atoms with E-state index in [0.29, 0.717) is 0 Å². The van der Waals surface area contributed by atoms with Gasteiger partial charge in [-0.15, -0.1) is 0 Å². The van der Waals surface area contributed by atoms with Gasteiger partial charge in [0.2, 0.25) is 0 Å². The van der Waals surface area contributed by atoms with Crippen molar-refractivity contribution in [3.8, 4) is 0 Å². The van der Waals surface area contributed by atoms with E-state index in [1.54, 1.807) is 14.1 Å². The van der Waals surface area contributed by atoms with Crippen LogP contribution < -0.4 is 80.0 Å². The van der Waals surface area contributed by atoms with Gasteiger partial charge in [0, 0.05) is 13.1 Å². The van der Waals surface area contributed by atoms with Gasteiger partial charge >= 0.3 is 59.1 Å². The number of hydrogen-bond acceptors (Lipinski definition) is 6. The SMILES string of the molecule is CNCC(=O)[O-].CNCC(=O)[O-].O.O.[Na+].[Na+]. The van der Waals surface area contributed by atoms with Gasteiger partial charge in [-0.1, -0.05) is 0 Å². The fourth-order valence-electron chi connectivity index (χ4n) is 0.289. The second-order valence-corrected chi connectivity index (χ2v) is 1.80. The first-order chi connectivity index (χ1) is 5.54. The number of carbonyl (C=O) groups excluding carboxylic acids is 2. The molecular weight excluding hydrogens is 242 g/mol. The minimum Gasteiger partial charge on any atom is -0.549 e. The second-order valence-electron chi connectivity index (χ2n) is 1.80. The van der Waals surface area contributed by atoms with Crippen molar-refractivity contribution >= 4 is 11.9 Å². The Morgan fingerprint density at radius 1 is 0.875 bits per heavy atom. The topological polar surface area (TPSA) is 167 Å². The molecule has 0 aromatic carbocycles. The van der Waals surface area contributed by atoms with Gasteiger partial charge in [0.25, 0.3) is 0 Å². The molecule has 0 atom stereocenters. The number of rotatable bonds is 4. The summed E-state index contributed by atoms with van der Waals surface area (Å²) >= 11 is 0. The van der Waals surface area contributed by atoms with Gasteiger partial charge in [0.1, 0.15) is 0 Å². The van der Waals surface area contributed by atoms with E-state index in [-0.39, 0.29) is 83.2 Å². The summed E-state index contributed by atoms with van der Waals surface area (Å²) in [4.78, 5) is 18.9. The standard InChI is InChI=1S/2C3H7NO2.2Na.2H2O/c2*1-4-2-3(5)6;;;;/h2*4H,2H2,1H3,(H,5,6);;;2*1H2/q;;2*+1;;/p-2. The normalized spacial score (nSPS) is 6.12. The Kier molecular flexibility index (Phi) is 66.7. The van der Waals surface area contributed by atoms with Gasteiger partial charge in [0.05, 0.1) is 11.9 Å². The molecule has 0 saturated carbocycles. The number of aliphatic carboxylic acids is 2. The number of nitrogens with one attached hydrogen (secondary N) is 2. The summed E-state index contributed by atoms with van der Waals surface area (Å²) in [7, 11) is 3.10. The third-order valence-electron chi connectivity index (χ3n) is 0.642. The van der Waals surface area contributed by atoms with Crippen LogP contribution in [0.2, 0.25) is 0 Å². The van der Waals surface area contributed by atoms with E-state index in [4.69, 9.17) is 0 Å². The summed E-state index contributed by atoms with van der Waals surface area (Å²) in [6.07, 6.45) is 0. The van der Waals surface area contributed by atoms with Crippen molar-refractivity contribution in [2.24, 2.45) is 0 Å². The minimum absolute atomic E-state index is 0. The van der Waals surface area contributed by atoms with Crippen LogP contribution in [0.4, 0.5) is 0 Å². The maximum absolute atomic E-state index is 9.43. The molecule has 8 nitrogen and oxygen atoms in total. The predicted molar refractivity (Wildman–Crippen MR) is 45.1 cm³/mol. The monoisotopic (exact) mass is 258 g/mol. The molecule has 0 aliphatic heterocycles. The van der Waals surface area contributed by atoms with E-state index >= 15 is 0 Å². The average Bonchev–Trinajstić information content (AvgIpc) is 1.87. The van der Waals surface area contributed by atoms with Crippen LogP contribution in [0, 0.1) is 0 Å². The van der Waals surface area contributed by atoms with Crippen LogP contribution in [0.25, 0.3) is 0 Å². The van der Waals surface area contributed by atoms with Crippen molar-refractivity contribution in [3.63, 3.8) is 0 Å². The molecule has 0 aromatic heterocycles. The number of carboxylic acids is 2. The van der Waals surface area contributed by atoms with Crippen LogP contribution in [0.3, 0.4) is 0 Å². The molecule has 88 valence electrons. The second kappa shape index (κ2) is 29.7. The molecule has 0 amide bonds. The third-order valence-corrected chi connectivity index (χ3v) is 0.642. The van der Waals surface area contributed by atoms with E-state index in [1.165, 1.54) is 0 Å². The number of likely N-dealkylation sites (N-methyl/N-ethyl adjacent to an activating group) is 2. The smallest absolute Gasteiger partial charge is 0.549 e. The Hall–Kier alpha value is 0.780. The van der Waals surface area contributed by atoms with Gasteiger partial charge in [-0.3, -0.25) is 0 Å². The van der Waals surface area contributed by atoms with Crippen molar-refractivity contribution in [2.75, 3.05) is 27.2 Å². The van der Waals surface area contributed by atoms with Gasteiger partial charge in [0.15, 0.2) is 0 Å². The van der Waals surface area contributed by atoms with Crippen LogP contribution in [-0.4, -0.2) is 50.1 Å². The fourth-order valence-corrected chi connectivity index (χ4v) is 0.289. The minimum atomic E-state index is -1.07. The Morgan fingerprint density at radius 3 is 1.06 bits per heavy atom. The van der Waals surface area contributed by atoms with E-state index in [2.05, 4.69) is 10.6 Å². The van der Waals surface area contributed by atoms with Crippen molar-refractivity contribution in [1.82, 2.24) is 10.6 Å².